The lowest BCUT2D eigenvalue weighted by molar-refractivity contribution is 0.227. The van der Waals surface area contributed by atoms with Crippen LogP contribution in [0.5, 0.6) is 5.75 Å². The summed E-state index contributed by atoms with van der Waals surface area (Å²) < 4.78 is 5.98. The van der Waals surface area contributed by atoms with Gasteiger partial charge in [-0.05, 0) is 53.8 Å². The van der Waals surface area contributed by atoms with Crippen LogP contribution in [0.2, 0.25) is 0 Å². The molecule has 114 valence electrons. The van der Waals surface area contributed by atoms with Crippen molar-refractivity contribution in [1.82, 2.24) is 4.98 Å². The van der Waals surface area contributed by atoms with Gasteiger partial charge in [0.15, 0.2) is 0 Å². The summed E-state index contributed by atoms with van der Waals surface area (Å²) in [4.78, 5) is 14.1. The Hall–Kier alpha value is -3.06. The van der Waals surface area contributed by atoms with Gasteiger partial charge in [0.05, 0.1) is 12.5 Å². The molecule has 0 saturated carbocycles. The van der Waals surface area contributed by atoms with Gasteiger partial charge >= 0.3 is 0 Å². The fourth-order valence-electron chi connectivity index (χ4n) is 2.52. The summed E-state index contributed by atoms with van der Waals surface area (Å²) in [7, 11) is 0. The largest absolute Gasteiger partial charge is 0.486 e. The van der Waals surface area contributed by atoms with Crippen molar-refractivity contribution >= 4 is 10.9 Å². The van der Waals surface area contributed by atoms with Crippen molar-refractivity contribution in [2.24, 2.45) is 0 Å². The van der Waals surface area contributed by atoms with Gasteiger partial charge in [0.2, 0.25) is 5.56 Å². The average Bonchev–Trinajstić information content (AvgIpc) is 2.55. The van der Waals surface area contributed by atoms with E-state index in [-0.39, 0.29) is 11.7 Å². The number of nitrogens with zero attached hydrogens (tertiary/aromatic N) is 1. The number of ether oxygens (including phenoxy) is 1. The maximum atomic E-state index is 11.3. The number of fused-ring (bicyclic) bond motifs is 1. The highest BCUT2D eigenvalue weighted by Crippen LogP contribution is 2.24. The van der Waals surface area contributed by atoms with Gasteiger partial charge in [0, 0.05) is 11.6 Å². The monoisotopic (exact) mass is 304 g/mol. The van der Waals surface area contributed by atoms with E-state index in [1.54, 1.807) is 6.07 Å². The molecule has 0 radical (unpaired) electrons. The lowest BCUT2D eigenvalue weighted by Gasteiger charge is -2.16. The van der Waals surface area contributed by atoms with Crippen LogP contribution in [-0.2, 0) is 6.42 Å². The van der Waals surface area contributed by atoms with E-state index in [1.807, 2.05) is 49.4 Å². The van der Waals surface area contributed by atoms with Crippen LogP contribution in [0.15, 0.2) is 59.4 Å². The molecule has 1 heterocycles. The predicted molar refractivity (Wildman–Crippen MR) is 89.4 cm³/mol. The summed E-state index contributed by atoms with van der Waals surface area (Å²) in [6.07, 6.45) is 0.234. The number of nitrogens with one attached hydrogen (secondary N) is 1. The van der Waals surface area contributed by atoms with Crippen molar-refractivity contribution in [2.75, 3.05) is 0 Å². The molecule has 0 fully saturated rings. The number of rotatable bonds is 4. The highest BCUT2D eigenvalue weighted by Gasteiger charge is 2.09. The number of benzene rings is 2. The second-order valence-corrected chi connectivity index (χ2v) is 5.41. The van der Waals surface area contributed by atoms with E-state index in [9.17, 15) is 4.79 Å². The van der Waals surface area contributed by atoms with E-state index in [2.05, 4.69) is 11.1 Å². The van der Waals surface area contributed by atoms with Gasteiger partial charge in [-0.3, -0.25) is 4.79 Å². The predicted octanol–water partition coefficient (Wildman–Crippen LogP) is 3.73. The van der Waals surface area contributed by atoms with Crippen molar-refractivity contribution in [1.29, 1.82) is 5.26 Å². The lowest BCUT2D eigenvalue weighted by atomic mass is 10.1. The van der Waals surface area contributed by atoms with E-state index >= 15 is 0 Å². The first kappa shape index (κ1) is 14.9. The second-order valence-electron chi connectivity index (χ2n) is 5.41. The van der Waals surface area contributed by atoms with Crippen LogP contribution in [0, 0.1) is 11.3 Å². The van der Waals surface area contributed by atoms with E-state index in [4.69, 9.17) is 10.00 Å². The number of hydrogen-bond acceptors (Lipinski definition) is 3. The molecule has 3 rings (SSSR count). The molecule has 0 aliphatic carbocycles. The summed E-state index contributed by atoms with van der Waals surface area (Å²) in [5, 5.41) is 9.74. The number of aromatic nitrogens is 1. The second kappa shape index (κ2) is 6.37. The van der Waals surface area contributed by atoms with Crippen LogP contribution in [0.3, 0.4) is 0 Å². The minimum atomic E-state index is -0.135. The standard InChI is InChI=1S/C19H16N2O2/c1-13(23-17-4-2-3-14(11-17)9-10-20)15-5-7-18-16(12-15)6-8-19(22)21-18/h2-8,11-13H,9H2,1H3,(H,21,22). The van der Waals surface area contributed by atoms with Gasteiger partial charge in [-0.25, -0.2) is 0 Å². The van der Waals surface area contributed by atoms with Crippen LogP contribution in [0.1, 0.15) is 24.2 Å². The topological polar surface area (TPSA) is 65.9 Å². The minimum Gasteiger partial charge on any atom is -0.486 e. The number of aromatic amines is 1. The minimum absolute atomic E-state index is 0.108. The molecule has 4 nitrogen and oxygen atoms in total. The molecule has 2 aromatic carbocycles. The molecule has 0 saturated heterocycles. The van der Waals surface area contributed by atoms with Gasteiger partial charge in [0.1, 0.15) is 11.9 Å². The van der Waals surface area contributed by atoms with Crippen LogP contribution in [0.4, 0.5) is 0 Å². The van der Waals surface area contributed by atoms with E-state index in [0.29, 0.717) is 6.42 Å². The Morgan fingerprint density at radius 3 is 2.87 bits per heavy atom. The molecule has 0 amide bonds. The first-order valence-corrected chi connectivity index (χ1v) is 7.41. The Labute approximate surface area is 134 Å². The summed E-state index contributed by atoms with van der Waals surface area (Å²) in [6.45, 7) is 1.98. The summed E-state index contributed by atoms with van der Waals surface area (Å²) in [6, 6.07) is 18.9. The molecule has 1 unspecified atom stereocenters. The van der Waals surface area contributed by atoms with Crippen LogP contribution >= 0.6 is 0 Å². The summed E-state index contributed by atoms with van der Waals surface area (Å²) in [5.74, 6) is 0.742. The van der Waals surface area contributed by atoms with E-state index in [1.165, 1.54) is 6.07 Å². The van der Waals surface area contributed by atoms with Crippen molar-refractivity contribution in [3.8, 4) is 11.8 Å². The van der Waals surface area contributed by atoms with Crippen molar-refractivity contribution < 1.29 is 4.74 Å². The Morgan fingerprint density at radius 1 is 1.17 bits per heavy atom. The van der Waals surface area contributed by atoms with Gasteiger partial charge in [-0.1, -0.05) is 18.2 Å². The van der Waals surface area contributed by atoms with Gasteiger partial charge in [-0.2, -0.15) is 5.26 Å². The first-order valence-electron chi connectivity index (χ1n) is 7.41. The molecule has 3 aromatic rings. The van der Waals surface area contributed by atoms with Crippen molar-refractivity contribution in [2.45, 2.75) is 19.4 Å². The van der Waals surface area contributed by atoms with Crippen molar-refractivity contribution in [3.63, 3.8) is 0 Å². The SMILES string of the molecule is CC(Oc1cccc(CC#N)c1)c1ccc2[nH]c(=O)ccc2c1. The Balaban J connectivity index is 1.84. The van der Waals surface area contributed by atoms with Crippen LogP contribution < -0.4 is 10.3 Å². The fourth-order valence-corrected chi connectivity index (χ4v) is 2.52. The molecule has 0 spiro atoms. The summed E-state index contributed by atoms with van der Waals surface area (Å²) in [5.41, 5.74) is 2.66. The third-order valence-electron chi connectivity index (χ3n) is 3.71. The molecule has 0 aliphatic heterocycles. The van der Waals surface area contributed by atoms with Crippen LogP contribution in [-0.4, -0.2) is 4.98 Å². The molecule has 1 aromatic heterocycles. The molecular weight excluding hydrogens is 288 g/mol. The third-order valence-corrected chi connectivity index (χ3v) is 3.71. The molecule has 1 atom stereocenters. The fraction of sp³-hybridized carbons (Fsp3) is 0.158. The maximum absolute atomic E-state index is 11.3. The number of pyridine rings is 1. The highest BCUT2D eigenvalue weighted by molar-refractivity contribution is 5.79. The summed E-state index contributed by atoms with van der Waals surface area (Å²) >= 11 is 0. The molecule has 1 N–H and O–H groups in total. The maximum Gasteiger partial charge on any atom is 0.248 e. The normalized spacial score (nSPS) is 11.8. The third kappa shape index (κ3) is 3.41. The van der Waals surface area contributed by atoms with Gasteiger partial charge in [0.25, 0.3) is 0 Å². The van der Waals surface area contributed by atoms with Crippen molar-refractivity contribution in [3.05, 3.63) is 76.1 Å². The molecular formula is C19H16N2O2. The molecule has 0 aliphatic rings. The smallest absolute Gasteiger partial charge is 0.248 e. The number of nitriles is 1. The van der Waals surface area contributed by atoms with E-state index < -0.39 is 0 Å². The molecule has 23 heavy (non-hydrogen) atoms. The number of hydrogen-bond donors (Lipinski definition) is 1. The lowest BCUT2D eigenvalue weighted by Crippen LogP contribution is -2.05. The van der Waals surface area contributed by atoms with Gasteiger partial charge < -0.3 is 9.72 Å². The molecule has 4 heteroatoms. The zero-order valence-electron chi connectivity index (χ0n) is 12.7. The quantitative estimate of drug-likeness (QED) is 0.798. The van der Waals surface area contributed by atoms with Crippen LogP contribution in [0.25, 0.3) is 10.9 Å². The number of H-pyrrole nitrogens is 1. The highest BCUT2D eigenvalue weighted by atomic mass is 16.5. The first-order chi connectivity index (χ1) is 11.2. The Bertz CT molecular complexity index is 938. The zero-order chi connectivity index (χ0) is 16.2. The Kier molecular flexibility index (Phi) is 4.11. The Morgan fingerprint density at radius 2 is 2.04 bits per heavy atom. The van der Waals surface area contributed by atoms with Gasteiger partial charge in [-0.15, -0.1) is 0 Å². The molecule has 0 bridgehead atoms. The zero-order valence-corrected chi connectivity index (χ0v) is 12.7. The van der Waals surface area contributed by atoms with E-state index in [0.717, 1.165) is 27.8 Å². The average molecular weight is 304 g/mol.